The average molecular weight is 291 g/mol. The van der Waals surface area contributed by atoms with Crippen molar-refractivity contribution in [3.8, 4) is 5.75 Å². The highest BCUT2D eigenvalue weighted by Gasteiger charge is 2.10. The van der Waals surface area contributed by atoms with Gasteiger partial charge in [-0.3, -0.25) is 0 Å². The third-order valence-electron chi connectivity index (χ3n) is 3.44. The Bertz CT molecular complexity index is 608. The monoisotopic (exact) mass is 291 g/mol. The molecule has 2 aromatic carbocycles. The number of aryl methyl sites for hydroxylation is 1. The maximum Gasteiger partial charge on any atom is 0.126 e. The largest absolute Gasteiger partial charge is 0.508 e. The van der Waals surface area contributed by atoms with Gasteiger partial charge in [0.1, 0.15) is 17.4 Å². The smallest absolute Gasteiger partial charge is 0.126 e. The molecule has 0 radical (unpaired) electrons. The Hall–Kier alpha value is -1.94. The van der Waals surface area contributed by atoms with Crippen LogP contribution in [0.25, 0.3) is 0 Å². The minimum Gasteiger partial charge on any atom is -0.508 e. The number of benzene rings is 2. The first kappa shape index (κ1) is 15.4. The zero-order valence-corrected chi connectivity index (χ0v) is 12.2. The summed E-state index contributed by atoms with van der Waals surface area (Å²) in [4.78, 5) is 0. The minimum atomic E-state index is -0.561. The van der Waals surface area contributed by atoms with Crippen molar-refractivity contribution in [2.24, 2.45) is 0 Å². The number of phenols is 1. The molecular formula is C17H19F2NO. The summed E-state index contributed by atoms with van der Waals surface area (Å²) in [7, 11) is 0. The van der Waals surface area contributed by atoms with Gasteiger partial charge in [-0.1, -0.05) is 17.7 Å². The first-order valence-corrected chi connectivity index (χ1v) is 6.93. The van der Waals surface area contributed by atoms with Crippen molar-refractivity contribution >= 4 is 0 Å². The van der Waals surface area contributed by atoms with E-state index in [4.69, 9.17) is 0 Å². The predicted molar refractivity (Wildman–Crippen MR) is 79.3 cm³/mol. The van der Waals surface area contributed by atoms with E-state index < -0.39 is 11.6 Å². The quantitative estimate of drug-likeness (QED) is 0.876. The number of rotatable bonds is 5. The van der Waals surface area contributed by atoms with E-state index in [9.17, 15) is 13.9 Å². The number of aromatic hydroxyl groups is 1. The summed E-state index contributed by atoms with van der Waals surface area (Å²) >= 11 is 0. The van der Waals surface area contributed by atoms with Gasteiger partial charge in [-0.15, -0.1) is 0 Å². The van der Waals surface area contributed by atoms with Gasteiger partial charge in [0.25, 0.3) is 0 Å². The second kappa shape index (κ2) is 6.68. The molecule has 1 atom stereocenters. The lowest BCUT2D eigenvalue weighted by atomic mass is 10.0. The van der Waals surface area contributed by atoms with E-state index in [0.717, 1.165) is 17.2 Å². The van der Waals surface area contributed by atoms with Crippen molar-refractivity contribution in [3.63, 3.8) is 0 Å². The van der Waals surface area contributed by atoms with Gasteiger partial charge in [0.15, 0.2) is 0 Å². The molecule has 0 saturated carbocycles. The lowest BCUT2D eigenvalue weighted by Gasteiger charge is -2.16. The number of phenolic OH excluding ortho intramolecular Hbond substituents is 1. The topological polar surface area (TPSA) is 32.3 Å². The van der Waals surface area contributed by atoms with Crippen LogP contribution in [0.1, 0.15) is 29.7 Å². The van der Waals surface area contributed by atoms with Gasteiger partial charge in [-0.2, -0.15) is 0 Å². The van der Waals surface area contributed by atoms with Crippen LogP contribution in [-0.4, -0.2) is 11.7 Å². The third-order valence-corrected chi connectivity index (χ3v) is 3.44. The Morgan fingerprint density at radius 2 is 1.76 bits per heavy atom. The van der Waals surface area contributed by atoms with Crippen molar-refractivity contribution in [1.82, 2.24) is 5.32 Å². The summed E-state index contributed by atoms with van der Waals surface area (Å²) in [6.07, 6.45) is 0.519. The van der Waals surface area contributed by atoms with Crippen LogP contribution < -0.4 is 5.32 Å². The van der Waals surface area contributed by atoms with Crippen LogP contribution in [-0.2, 0) is 6.42 Å². The Morgan fingerprint density at radius 1 is 1.10 bits per heavy atom. The molecule has 2 aromatic rings. The molecule has 112 valence electrons. The SMILES string of the molecule is Cc1ccc(O)c(C(C)NCCc2cc(F)cc(F)c2)c1. The fourth-order valence-corrected chi connectivity index (χ4v) is 2.32. The van der Waals surface area contributed by atoms with Gasteiger partial charge in [0, 0.05) is 17.7 Å². The molecule has 0 heterocycles. The summed E-state index contributed by atoms with van der Waals surface area (Å²) in [5.74, 6) is -0.874. The Kier molecular flexibility index (Phi) is 4.91. The second-order valence-corrected chi connectivity index (χ2v) is 5.27. The zero-order valence-electron chi connectivity index (χ0n) is 12.2. The Morgan fingerprint density at radius 3 is 2.43 bits per heavy atom. The highest BCUT2D eigenvalue weighted by atomic mass is 19.1. The molecule has 0 bridgehead atoms. The molecule has 21 heavy (non-hydrogen) atoms. The predicted octanol–water partition coefficient (Wildman–Crippen LogP) is 3.87. The summed E-state index contributed by atoms with van der Waals surface area (Å²) < 4.78 is 26.2. The van der Waals surface area contributed by atoms with Crippen LogP contribution in [0.15, 0.2) is 36.4 Å². The first-order valence-electron chi connectivity index (χ1n) is 6.93. The van der Waals surface area contributed by atoms with Gasteiger partial charge in [-0.05, 0) is 50.6 Å². The van der Waals surface area contributed by atoms with E-state index in [1.807, 2.05) is 26.0 Å². The molecule has 2 N–H and O–H groups in total. The maximum absolute atomic E-state index is 13.1. The van der Waals surface area contributed by atoms with Gasteiger partial charge in [-0.25, -0.2) is 8.78 Å². The zero-order chi connectivity index (χ0) is 15.4. The van der Waals surface area contributed by atoms with Crippen LogP contribution in [0.3, 0.4) is 0 Å². The second-order valence-electron chi connectivity index (χ2n) is 5.27. The van der Waals surface area contributed by atoms with Gasteiger partial charge in [0.05, 0.1) is 0 Å². The lowest BCUT2D eigenvalue weighted by Crippen LogP contribution is -2.21. The number of halogens is 2. The van der Waals surface area contributed by atoms with Crippen molar-refractivity contribution in [1.29, 1.82) is 0 Å². The number of nitrogens with one attached hydrogen (secondary N) is 1. The molecule has 0 aliphatic carbocycles. The molecule has 0 fully saturated rings. The standard InChI is InChI=1S/C17H19F2NO/c1-11-3-4-17(21)16(7-11)12(2)20-6-5-13-8-14(18)10-15(19)9-13/h3-4,7-10,12,20-21H,5-6H2,1-2H3. The van der Waals surface area contributed by atoms with Gasteiger partial charge in [0.2, 0.25) is 0 Å². The molecule has 0 spiro atoms. The minimum absolute atomic E-state index is 0.0386. The lowest BCUT2D eigenvalue weighted by molar-refractivity contribution is 0.453. The van der Waals surface area contributed by atoms with Crippen LogP contribution in [0, 0.1) is 18.6 Å². The van der Waals surface area contributed by atoms with Gasteiger partial charge >= 0.3 is 0 Å². The molecule has 0 aromatic heterocycles. The summed E-state index contributed by atoms with van der Waals surface area (Å²) in [6, 6.07) is 8.94. The molecular weight excluding hydrogens is 272 g/mol. The van der Waals surface area contributed by atoms with E-state index in [0.29, 0.717) is 18.5 Å². The fraction of sp³-hybridized carbons (Fsp3) is 0.294. The van der Waals surface area contributed by atoms with Crippen molar-refractivity contribution in [2.45, 2.75) is 26.3 Å². The van der Waals surface area contributed by atoms with Crippen molar-refractivity contribution in [2.75, 3.05) is 6.54 Å². The van der Waals surface area contributed by atoms with Crippen molar-refractivity contribution in [3.05, 3.63) is 64.7 Å². The Balaban J connectivity index is 1.95. The number of hydrogen-bond donors (Lipinski definition) is 2. The molecule has 2 nitrogen and oxygen atoms in total. The third kappa shape index (κ3) is 4.26. The van der Waals surface area contributed by atoms with Crippen molar-refractivity contribution < 1.29 is 13.9 Å². The molecule has 1 unspecified atom stereocenters. The molecule has 0 amide bonds. The van der Waals surface area contributed by atoms with Crippen LogP contribution in [0.5, 0.6) is 5.75 Å². The molecule has 0 aliphatic rings. The highest BCUT2D eigenvalue weighted by Crippen LogP contribution is 2.24. The first-order chi connectivity index (χ1) is 9.95. The maximum atomic E-state index is 13.1. The molecule has 0 aliphatic heterocycles. The van der Waals surface area contributed by atoms with Crippen LogP contribution in [0.2, 0.25) is 0 Å². The van der Waals surface area contributed by atoms with E-state index in [1.54, 1.807) is 6.07 Å². The van der Waals surface area contributed by atoms with Crippen LogP contribution in [0.4, 0.5) is 8.78 Å². The van der Waals surface area contributed by atoms with Crippen LogP contribution >= 0.6 is 0 Å². The summed E-state index contributed by atoms with van der Waals surface area (Å²) in [6.45, 7) is 4.48. The molecule has 2 rings (SSSR count). The van der Waals surface area contributed by atoms with E-state index >= 15 is 0 Å². The summed E-state index contributed by atoms with van der Waals surface area (Å²) in [5.41, 5.74) is 2.50. The fourth-order valence-electron chi connectivity index (χ4n) is 2.32. The Labute approximate surface area is 123 Å². The van der Waals surface area contributed by atoms with E-state index in [1.165, 1.54) is 12.1 Å². The van der Waals surface area contributed by atoms with E-state index in [2.05, 4.69) is 5.32 Å². The number of hydrogen-bond acceptors (Lipinski definition) is 2. The van der Waals surface area contributed by atoms with Gasteiger partial charge < -0.3 is 10.4 Å². The van der Waals surface area contributed by atoms with E-state index in [-0.39, 0.29) is 11.8 Å². The normalized spacial score (nSPS) is 12.4. The molecule has 4 heteroatoms. The molecule has 0 saturated heterocycles. The average Bonchev–Trinajstić information content (AvgIpc) is 2.40. The summed E-state index contributed by atoms with van der Waals surface area (Å²) in [5, 5.41) is 13.1. The highest BCUT2D eigenvalue weighted by molar-refractivity contribution is 5.37.